The van der Waals surface area contributed by atoms with Crippen LogP contribution in [0.4, 0.5) is 0 Å². The number of benzene rings is 2. The minimum atomic E-state index is -0.545. The Kier molecular flexibility index (Phi) is 5.48. The predicted octanol–water partition coefficient (Wildman–Crippen LogP) is 0.678. The fraction of sp³-hybridized carbons (Fsp3) is 0. The van der Waals surface area contributed by atoms with Gasteiger partial charge in [0.05, 0.1) is 0 Å². The zero-order chi connectivity index (χ0) is 18.8. The molecule has 0 aromatic heterocycles. The number of rotatable bonds is 0. The molecule has 7 heteroatoms. The average Bonchev–Trinajstić information content (AvgIpc) is 2.65. The molecule has 0 heterocycles. The Morgan fingerprint density at radius 2 is 0.815 bits per heavy atom. The van der Waals surface area contributed by atoms with Gasteiger partial charge in [0.15, 0.2) is 0 Å². The number of ketones is 4. The summed E-state index contributed by atoms with van der Waals surface area (Å²) in [7, 11) is 0. The summed E-state index contributed by atoms with van der Waals surface area (Å²) < 4.78 is 0. The van der Waals surface area contributed by atoms with E-state index in [4.69, 9.17) is 11.5 Å². The van der Waals surface area contributed by atoms with Crippen molar-refractivity contribution in [1.29, 1.82) is 0 Å². The van der Waals surface area contributed by atoms with Crippen molar-refractivity contribution in [2.24, 2.45) is 11.5 Å². The van der Waals surface area contributed by atoms with Crippen molar-refractivity contribution in [2.75, 3.05) is 0 Å². The smallest absolute Gasteiger partial charge is 0.233 e. The monoisotopic (exact) mass is 364 g/mol. The first-order valence-corrected chi connectivity index (χ1v) is 7.70. The van der Waals surface area contributed by atoms with Gasteiger partial charge in [0.2, 0.25) is 23.1 Å². The molecule has 2 aromatic rings. The molecule has 0 atom stereocenters. The van der Waals surface area contributed by atoms with E-state index in [-0.39, 0.29) is 5.48 Å². The van der Waals surface area contributed by atoms with Gasteiger partial charge in [-0.2, -0.15) is 0 Å². The fourth-order valence-corrected chi connectivity index (χ4v) is 2.70. The molecule has 2 aromatic carbocycles. The number of Topliss-reactive ketones (excluding diaryl/α,β-unsaturated/α-hetero) is 2. The van der Waals surface area contributed by atoms with Crippen LogP contribution >= 0.6 is 0 Å². The topological polar surface area (TPSA) is 152 Å². The number of hydrogen-bond donors (Lipinski definition) is 2. The largest absolute Gasteiger partial charge is 0.412 e. The highest BCUT2D eigenvalue weighted by Crippen LogP contribution is 2.21. The molecule has 0 spiro atoms. The predicted molar refractivity (Wildman–Crippen MR) is 99.5 cm³/mol. The maximum atomic E-state index is 11.3. The summed E-state index contributed by atoms with van der Waals surface area (Å²) in [6, 6.07) is 13.7. The van der Waals surface area contributed by atoms with Crippen molar-refractivity contribution in [1.82, 2.24) is 0 Å². The lowest BCUT2D eigenvalue weighted by Crippen LogP contribution is -2.20. The molecule has 0 fully saturated rings. The van der Waals surface area contributed by atoms with Crippen LogP contribution < -0.4 is 11.5 Å². The number of carbonyl (C=O) groups excluding carboxylic acids is 4. The van der Waals surface area contributed by atoms with Gasteiger partial charge in [-0.1, -0.05) is 48.5 Å². The molecule has 0 unspecified atom stereocenters. The summed E-state index contributed by atoms with van der Waals surface area (Å²) in [6.07, 6.45) is 2.34. The van der Waals surface area contributed by atoms with E-state index in [2.05, 4.69) is 0 Å². The molecular formula is C20H16N2O5. The Morgan fingerprint density at radius 3 is 1.15 bits per heavy atom. The summed E-state index contributed by atoms with van der Waals surface area (Å²) in [4.78, 5) is 44.7. The second kappa shape index (κ2) is 7.59. The van der Waals surface area contributed by atoms with Gasteiger partial charge in [-0.25, -0.2) is 0 Å². The Morgan fingerprint density at radius 1 is 0.519 bits per heavy atom. The van der Waals surface area contributed by atoms with E-state index in [0.717, 1.165) is 0 Å². The van der Waals surface area contributed by atoms with Crippen LogP contribution in [0, 0.1) is 0 Å². The molecule has 4 rings (SSSR count). The quantitative estimate of drug-likeness (QED) is 0.656. The molecule has 0 radical (unpaired) electrons. The van der Waals surface area contributed by atoms with Crippen molar-refractivity contribution < 1.29 is 24.7 Å². The molecule has 136 valence electrons. The second-order valence-corrected chi connectivity index (χ2v) is 5.68. The highest BCUT2D eigenvalue weighted by atomic mass is 16.2. The number of hydrogen-bond acceptors (Lipinski definition) is 6. The van der Waals surface area contributed by atoms with Gasteiger partial charge in [0.25, 0.3) is 0 Å². The van der Waals surface area contributed by atoms with Gasteiger partial charge < -0.3 is 16.9 Å². The molecule has 6 N–H and O–H groups in total. The Bertz CT molecular complexity index is 951. The van der Waals surface area contributed by atoms with Crippen LogP contribution in [0.1, 0.15) is 31.8 Å². The van der Waals surface area contributed by atoms with Crippen molar-refractivity contribution in [2.45, 2.75) is 0 Å². The van der Waals surface area contributed by atoms with E-state index >= 15 is 0 Å². The third-order valence-corrected chi connectivity index (χ3v) is 3.99. The lowest BCUT2D eigenvalue weighted by molar-refractivity contribution is -0.111. The Hall–Kier alpha value is -3.84. The highest BCUT2D eigenvalue weighted by Gasteiger charge is 2.24. The van der Waals surface area contributed by atoms with Crippen LogP contribution in [-0.4, -0.2) is 28.6 Å². The summed E-state index contributed by atoms with van der Waals surface area (Å²) in [5.74, 6) is -2.05. The zero-order valence-electron chi connectivity index (χ0n) is 14.1. The minimum Gasteiger partial charge on any atom is -0.412 e. The molecule has 0 amide bonds. The Balaban J connectivity index is 0.000000187. The molecule has 7 nitrogen and oxygen atoms in total. The van der Waals surface area contributed by atoms with Crippen LogP contribution in [0.2, 0.25) is 0 Å². The average molecular weight is 364 g/mol. The molecular weight excluding hydrogens is 348 g/mol. The normalized spacial score (nSPS) is 14.7. The summed E-state index contributed by atoms with van der Waals surface area (Å²) >= 11 is 0. The van der Waals surface area contributed by atoms with E-state index < -0.39 is 23.1 Å². The minimum absolute atomic E-state index is 0. The first kappa shape index (κ1) is 19.5. The lowest BCUT2D eigenvalue weighted by atomic mass is 9.93. The lowest BCUT2D eigenvalue weighted by Gasteiger charge is -2.11. The van der Waals surface area contributed by atoms with Crippen LogP contribution in [0.25, 0.3) is 11.4 Å². The van der Waals surface area contributed by atoms with Gasteiger partial charge in [-0.3, -0.25) is 19.2 Å². The third kappa shape index (κ3) is 3.58. The van der Waals surface area contributed by atoms with Crippen LogP contribution in [0.15, 0.2) is 60.7 Å². The first-order valence-electron chi connectivity index (χ1n) is 7.70. The van der Waals surface area contributed by atoms with Crippen molar-refractivity contribution in [3.63, 3.8) is 0 Å². The molecule has 0 bridgehead atoms. The van der Waals surface area contributed by atoms with Gasteiger partial charge in [0.1, 0.15) is 0 Å². The highest BCUT2D eigenvalue weighted by molar-refractivity contribution is 6.51. The van der Waals surface area contributed by atoms with Crippen LogP contribution in [0.5, 0.6) is 0 Å². The Labute approximate surface area is 154 Å². The van der Waals surface area contributed by atoms with E-state index in [9.17, 15) is 19.2 Å². The van der Waals surface area contributed by atoms with E-state index in [0.29, 0.717) is 33.6 Å². The maximum Gasteiger partial charge on any atom is 0.233 e. The van der Waals surface area contributed by atoms with Crippen molar-refractivity contribution in [3.05, 3.63) is 82.9 Å². The van der Waals surface area contributed by atoms with Gasteiger partial charge >= 0.3 is 0 Å². The molecule has 2 aliphatic carbocycles. The van der Waals surface area contributed by atoms with Crippen LogP contribution in [-0.2, 0) is 9.59 Å². The van der Waals surface area contributed by atoms with Gasteiger partial charge in [-0.05, 0) is 0 Å². The maximum absolute atomic E-state index is 11.3. The summed E-state index contributed by atoms with van der Waals surface area (Å²) in [5.41, 5.74) is 14.0. The number of nitrogens with two attached hydrogens (primary N) is 2. The molecule has 0 saturated heterocycles. The molecule has 27 heavy (non-hydrogen) atoms. The molecule has 0 aliphatic heterocycles. The first-order chi connectivity index (χ1) is 12.4. The van der Waals surface area contributed by atoms with E-state index in [1.807, 2.05) is 0 Å². The van der Waals surface area contributed by atoms with Gasteiger partial charge in [-0.15, -0.1) is 0 Å². The SMILES string of the molecule is NC1=CC(=O)C(=O)c2ccccc21.NC1=CC(=O)C(=O)c2ccccc21.O. The number of carbonyl (C=O) groups is 4. The van der Waals surface area contributed by atoms with Crippen molar-refractivity contribution >= 4 is 34.5 Å². The number of allylic oxidation sites excluding steroid dienone is 2. The second-order valence-electron chi connectivity index (χ2n) is 5.68. The number of fused-ring (bicyclic) bond motifs is 2. The van der Waals surface area contributed by atoms with E-state index in [1.54, 1.807) is 48.5 Å². The molecule has 2 aliphatic rings. The van der Waals surface area contributed by atoms with Crippen LogP contribution in [0.3, 0.4) is 0 Å². The van der Waals surface area contributed by atoms with E-state index in [1.165, 1.54) is 12.2 Å². The van der Waals surface area contributed by atoms with Gasteiger partial charge in [0, 0.05) is 45.8 Å². The van der Waals surface area contributed by atoms with Crippen molar-refractivity contribution in [3.8, 4) is 0 Å². The standard InChI is InChI=1S/2C10H7NO2.H2O/c2*11-8-5-9(12)10(13)7-4-2-1-3-6(7)8;/h2*1-5H,11H2;1H2. The zero-order valence-corrected chi connectivity index (χ0v) is 14.1. The summed E-state index contributed by atoms with van der Waals surface area (Å²) in [6.45, 7) is 0. The summed E-state index contributed by atoms with van der Waals surface area (Å²) in [5, 5.41) is 0. The molecule has 0 saturated carbocycles. The fourth-order valence-electron chi connectivity index (χ4n) is 2.70. The third-order valence-electron chi connectivity index (χ3n) is 3.99.